The van der Waals surface area contributed by atoms with Crippen LogP contribution in [0.5, 0.6) is 0 Å². The Bertz CT molecular complexity index is 990. The Kier molecular flexibility index (Phi) is 6.18. The van der Waals surface area contributed by atoms with Crippen LogP contribution in [0.15, 0.2) is 41.3 Å². The minimum absolute atomic E-state index is 0.0499. The van der Waals surface area contributed by atoms with Crippen molar-refractivity contribution in [2.45, 2.75) is 24.2 Å². The number of amides is 3. The summed E-state index contributed by atoms with van der Waals surface area (Å²) in [6.07, 6.45) is 5.05. The number of benzene rings is 1. The second-order valence-corrected chi connectivity index (χ2v) is 10.3. The lowest BCUT2D eigenvalue weighted by Gasteiger charge is -2.34. The van der Waals surface area contributed by atoms with Crippen molar-refractivity contribution in [2.75, 3.05) is 32.7 Å². The van der Waals surface area contributed by atoms with Crippen LogP contribution >= 0.6 is 11.6 Å². The first kappa shape index (κ1) is 22.0. The van der Waals surface area contributed by atoms with Crippen LogP contribution in [0, 0.1) is 11.8 Å². The molecule has 0 saturated carbocycles. The van der Waals surface area contributed by atoms with E-state index >= 15 is 0 Å². The number of carbonyl (C=O) groups is 3. The fourth-order valence-electron chi connectivity index (χ4n) is 4.39. The minimum Gasteiger partial charge on any atom is -0.340 e. The van der Waals surface area contributed by atoms with Crippen LogP contribution in [0.25, 0.3) is 0 Å². The number of rotatable bonds is 5. The average Bonchev–Trinajstić information content (AvgIpc) is 3.02. The zero-order valence-corrected chi connectivity index (χ0v) is 18.5. The maximum absolute atomic E-state index is 12.8. The molecule has 31 heavy (non-hydrogen) atoms. The fraction of sp³-hybridized carbons (Fsp3) is 0.476. The van der Waals surface area contributed by atoms with E-state index in [1.165, 1.54) is 33.5 Å². The summed E-state index contributed by atoms with van der Waals surface area (Å²) in [5, 5.41) is 0.458. The van der Waals surface area contributed by atoms with Crippen molar-refractivity contribution >= 4 is 39.3 Å². The molecular formula is C21H24ClN3O5S. The number of piperazine rings is 1. The highest BCUT2D eigenvalue weighted by Crippen LogP contribution is 2.35. The molecule has 1 aliphatic carbocycles. The Labute approximate surface area is 186 Å². The summed E-state index contributed by atoms with van der Waals surface area (Å²) in [6, 6.07) is 5.99. The molecule has 0 spiro atoms. The third-order valence-electron chi connectivity index (χ3n) is 6.19. The molecule has 0 unspecified atom stereocenters. The van der Waals surface area contributed by atoms with Gasteiger partial charge >= 0.3 is 0 Å². The smallest absolute Gasteiger partial charge is 0.243 e. The number of fused-ring (bicyclic) bond motifs is 1. The van der Waals surface area contributed by atoms with E-state index in [9.17, 15) is 22.8 Å². The number of likely N-dealkylation sites (tertiary alicyclic amines) is 1. The van der Waals surface area contributed by atoms with Crippen molar-refractivity contribution in [3.8, 4) is 0 Å². The van der Waals surface area contributed by atoms with Gasteiger partial charge in [-0.2, -0.15) is 4.31 Å². The van der Waals surface area contributed by atoms with Gasteiger partial charge in [0, 0.05) is 44.2 Å². The average molecular weight is 466 g/mol. The fourth-order valence-corrected chi connectivity index (χ4v) is 5.94. The largest absolute Gasteiger partial charge is 0.340 e. The van der Waals surface area contributed by atoms with Gasteiger partial charge in [0.1, 0.15) is 0 Å². The van der Waals surface area contributed by atoms with Crippen molar-refractivity contribution in [1.29, 1.82) is 0 Å². The summed E-state index contributed by atoms with van der Waals surface area (Å²) in [5.74, 6) is -1.15. The molecule has 2 atom stereocenters. The van der Waals surface area contributed by atoms with E-state index in [1.807, 2.05) is 12.2 Å². The van der Waals surface area contributed by atoms with E-state index in [-0.39, 0.29) is 73.6 Å². The van der Waals surface area contributed by atoms with E-state index in [4.69, 9.17) is 11.6 Å². The standard InChI is InChI=1S/C21H24ClN3O5S/c22-15-5-7-16(8-6-15)31(29,30)24-13-11-23(12-14-24)19(26)9-10-25-20(27)17-3-1-2-4-18(17)21(25)28/h1-2,5-8,17-18H,3-4,9-14H2/t17-,18+. The number of allylic oxidation sites excluding steroid dienone is 2. The van der Waals surface area contributed by atoms with E-state index in [0.717, 1.165) is 0 Å². The maximum atomic E-state index is 12.8. The molecule has 3 aliphatic rings. The molecule has 3 amide bonds. The van der Waals surface area contributed by atoms with Gasteiger partial charge in [-0.1, -0.05) is 23.8 Å². The Morgan fingerprint density at radius 1 is 0.935 bits per heavy atom. The third kappa shape index (κ3) is 4.26. The predicted molar refractivity (Wildman–Crippen MR) is 113 cm³/mol. The number of halogens is 1. The number of imide groups is 1. The molecule has 4 rings (SSSR count). The summed E-state index contributed by atoms with van der Waals surface area (Å²) in [6.45, 7) is 0.987. The van der Waals surface area contributed by atoms with Crippen LogP contribution in [0.4, 0.5) is 0 Å². The van der Waals surface area contributed by atoms with E-state index in [0.29, 0.717) is 17.9 Å². The van der Waals surface area contributed by atoms with Gasteiger partial charge in [-0.3, -0.25) is 19.3 Å². The summed E-state index contributed by atoms with van der Waals surface area (Å²) < 4.78 is 26.9. The highest BCUT2D eigenvalue weighted by molar-refractivity contribution is 7.89. The SMILES string of the molecule is O=C(CCN1C(=O)[C@H]2CC=CC[C@H]2C1=O)N1CCN(S(=O)(=O)c2ccc(Cl)cc2)CC1. The van der Waals surface area contributed by atoms with Crippen LogP contribution in [-0.2, 0) is 24.4 Å². The van der Waals surface area contributed by atoms with Crippen LogP contribution < -0.4 is 0 Å². The highest BCUT2D eigenvalue weighted by Gasteiger charge is 2.47. The van der Waals surface area contributed by atoms with Crippen molar-refractivity contribution < 1.29 is 22.8 Å². The second kappa shape index (κ2) is 8.72. The number of sulfonamides is 1. The summed E-state index contributed by atoms with van der Waals surface area (Å²) in [4.78, 5) is 40.6. The molecule has 2 saturated heterocycles. The van der Waals surface area contributed by atoms with Gasteiger partial charge in [-0.25, -0.2) is 8.42 Å². The number of hydrogen-bond donors (Lipinski definition) is 0. The third-order valence-corrected chi connectivity index (χ3v) is 8.36. The van der Waals surface area contributed by atoms with Gasteiger partial charge in [0.25, 0.3) is 0 Å². The highest BCUT2D eigenvalue weighted by atomic mass is 35.5. The van der Waals surface area contributed by atoms with Crippen LogP contribution in [0.1, 0.15) is 19.3 Å². The molecule has 0 bridgehead atoms. The lowest BCUT2D eigenvalue weighted by atomic mass is 9.85. The lowest BCUT2D eigenvalue weighted by molar-refractivity contribution is -0.141. The van der Waals surface area contributed by atoms with Crippen molar-refractivity contribution in [1.82, 2.24) is 14.1 Å². The van der Waals surface area contributed by atoms with Gasteiger partial charge < -0.3 is 4.90 Å². The summed E-state index contributed by atoms with van der Waals surface area (Å²) >= 11 is 5.83. The Morgan fingerprint density at radius 3 is 2.03 bits per heavy atom. The molecule has 1 aromatic carbocycles. The zero-order valence-electron chi connectivity index (χ0n) is 16.9. The first-order valence-corrected chi connectivity index (χ1v) is 12.1. The molecular weight excluding hydrogens is 442 g/mol. The second-order valence-electron chi connectivity index (χ2n) is 7.97. The van der Waals surface area contributed by atoms with Gasteiger partial charge in [-0.15, -0.1) is 0 Å². The van der Waals surface area contributed by atoms with Crippen LogP contribution in [-0.4, -0.2) is 73.0 Å². The summed E-state index contributed by atoms with van der Waals surface area (Å²) in [7, 11) is -3.65. The molecule has 0 aromatic heterocycles. The number of carbonyl (C=O) groups excluding carboxylic acids is 3. The van der Waals surface area contributed by atoms with E-state index in [1.54, 1.807) is 4.90 Å². The number of nitrogens with zero attached hydrogens (tertiary/aromatic N) is 3. The molecule has 0 N–H and O–H groups in total. The Hall–Kier alpha value is -2.23. The maximum Gasteiger partial charge on any atom is 0.243 e. The molecule has 2 fully saturated rings. The van der Waals surface area contributed by atoms with Gasteiger partial charge in [0.05, 0.1) is 16.7 Å². The van der Waals surface area contributed by atoms with E-state index < -0.39 is 10.0 Å². The topological polar surface area (TPSA) is 95.1 Å². The molecule has 10 heteroatoms. The van der Waals surface area contributed by atoms with E-state index in [2.05, 4.69) is 0 Å². The first-order chi connectivity index (χ1) is 14.8. The van der Waals surface area contributed by atoms with Gasteiger partial charge in [0.15, 0.2) is 0 Å². The first-order valence-electron chi connectivity index (χ1n) is 10.3. The molecule has 2 aliphatic heterocycles. The molecule has 0 radical (unpaired) electrons. The molecule has 2 heterocycles. The van der Waals surface area contributed by atoms with Gasteiger partial charge in [-0.05, 0) is 37.1 Å². The van der Waals surface area contributed by atoms with Crippen molar-refractivity contribution in [2.24, 2.45) is 11.8 Å². The molecule has 1 aromatic rings. The van der Waals surface area contributed by atoms with Crippen LogP contribution in [0.3, 0.4) is 0 Å². The van der Waals surface area contributed by atoms with Crippen molar-refractivity contribution in [3.63, 3.8) is 0 Å². The Balaban J connectivity index is 1.30. The van der Waals surface area contributed by atoms with Gasteiger partial charge in [0.2, 0.25) is 27.7 Å². The lowest BCUT2D eigenvalue weighted by Crippen LogP contribution is -2.51. The zero-order chi connectivity index (χ0) is 22.2. The summed E-state index contributed by atoms with van der Waals surface area (Å²) in [5.41, 5.74) is 0. The minimum atomic E-state index is -3.65. The predicted octanol–water partition coefficient (Wildman–Crippen LogP) is 1.51. The van der Waals surface area contributed by atoms with Crippen LogP contribution in [0.2, 0.25) is 5.02 Å². The monoisotopic (exact) mass is 465 g/mol. The number of hydrogen-bond acceptors (Lipinski definition) is 5. The quantitative estimate of drug-likeness (QED) is 0.485. The Morgan fingerprint density at radius 2 is 1.48 bits per heavy atom. The molecule has 166 valence electrons. The molecule has 8 nitrogen and oxygen atoms in total. The van der Waals surface area contributed by atoms with Crippen molar-refractivity contribution in [3.05, 3.63) is 41.4 Å². The normalized spacial score (nSPS) is 24.5.